The van der Waals surface area contributed by atoms with Crippen LogP contribution in [0.2, 0.25) is 0 Å². The molecule has 0 bridgehead atoms. The fourth-order valence-electron chi connectivity index (χ4n) is 8.25. The van der Waals surface area contributed by atoms with E-state index in [9.17, 15) is 0 Å². The average Bonchev–Trinajstić information content (AvgIpc) is 3.25. The van der Waals surface area contributed by atoms with Gasteiger partial charge in [-0.25, -0.2) is 9.97 Å². The molecule has 0 saturated carbocycles. The van der Waals surface area contributed by atoms with Crippen LogP contribution in [-0.4, -0.2) is 15.0 Å². The lowest BCUT2D eigenvalue weighted by Crippen LogP contribution is -1.93. The van der Waals surface area contributed by atoms with Gasteiger partial charge >= 0.3 is 0 Å². The Hall–Kier alpha value is -7.23. The third kappa shape index (κ3) is 4.94. The van der Waals surface area contributed by atoms with Crippen molar-refractivity contribution >= 4 is 54.1 Å². The molecule has 3 heterocycles. The van der Waals surface area contributed by atoms with Gasteiger partial charge in [-0.2, -0.15) is 0 Å². The lowest BCUT2D eigenvalue weighted by Gasteiger charge is -2.17. The van der Waals surface area contributed by atoms with E-state index < -0.39 is 0 Å². The van der Waals surface area contributed by atoms with Gasteiger partial charge in [0.2, 0.25) is 0 Å². The molecule has 0 aliphatic heterocycles. The van der Waals surface area contributed by atoms with E-state index in [1.807, 2.05) is 18.3 Å². The van der Waals surface area contributed by atoms with Gasteiger partial charge in [-0.15, -0.1) is 0 Å². The molecule has 0 fully saturated rings. The largest absolute Gasteiger partial charge is 0.264 e. The highest BCUT2D eigenvalue weighted by Gasteiger charge is 2.17. The SMILES string of the molecule is c1ccc(-c2cc(-c3ccccc3)cc(-c3ccc4ccc5c(-c6ccc7ccc8ccc(-c9cccnc9)nc8c7n6)ccc6ccc3c4c65)c2)cc1. The summed E-state index contributed by atoms with van der Waals surface area (Å²) in [6.45, 7) is 0. The van der Waals surface area contributed by atoms with Gasteiger partial charge in [-0.1, -0.05) is 133 Å². The minimum absolute atomic E-state index is 0.888. The second kappa shape index (κ2) is 12.2. The highest BCUT2D eigenvalue weighted by molar-refractivity contribution is 6.27. The van der Waals surface area contributed by atoms with Crippen molar-refractivity contribution in [1.29, 1.82) is 0 Å². The Morgan fingerprint density at radius 3 is 1.41 bits per heavy atom. The Balaban J connectivity index is 1.11. The molecule has 0 aliphatic carbocycles. The second-order valence-corrected chi connectivity index (χ2v) is 14.0. The molecule has 3 nitrogen and oxygen atoms in total. The molecule has 0 spiro atoms. The quantitative estimate of drug-likeness (QED) is 0.169. The molecule has 0 saturated heterocycles. The Labute approximate surface area is 312 Å². The summed E-state index contributed by atoms with van der Waals surface area (Å²) < 4.78 is 0. The van der Waals surface area contributed by atoms with Crippen molar-refractivity contribution in [2.45, 2.75) is 0 Å². The van der Waals surface area contributed by atoms with Crippen LogP contribution < -0.4 is 0 Å². The fraction of sp³-hybridized carbons (Fsp3) is 0. The highest BCUT2D eigenvalue weighted by Crippen LogP contribution is 2.43. The van der Waals surface area contributed by atoms with Crippen molar-refractivity contribution in [3.8, 4) is 55.9 Å². The number of rotatable bonds is 5. The first-order valence-electron chi connectivity index (χ1n) is 18.3. The monoisotopic (exact) mass is 685 g/mol. The molecule has 0 unspecified atom stereocenters. The smallest absolute Gasteiger partial charge is 0.0972 e. The summed E-state index contributed by atoms with van der Waals surface area (Å²) in [5.74, 6) is 0. The molecule has 250 valence electrons. The predicted molar refractivity (Wildman–Crippen MR) is 226 cm³/mol. The van der Waals surface area contributed by atoms with Gasteiger partial charge in [-0.05, 0) is 108 Å². The summed E-state index contributed by atoms with van der Waals surface area (Å²) >= 11 is 0. The number of hydrogen-bond acceptors (Lipinski definition) is 3. The number of pyridine rings is 3. The van der Waals surface area contributed by atoms with Crippen LogP contribution in [0.5, 0.6) is 0 Å². The number of nitrogens with zero attached hydrogens (tertiary/aromatic N) is 3. The van der Waals surface area contributed by atoms with E-state index in [0.29, 0.717) is 0 Å². The zero-order valence-corrected chi connectivity index (χ0v) is 29.2. The molecule has 0 aliphatic rings. The van der Waals surface area contributed by atoms with E-state index in [-0.39, 0.29) is 0 Å². The summed E-state index contributed by atoms with van der Waals surface area (Å²) in [5, 5.41) is 9.58. The van der Waals surface area contributed by atoms with Crippen molar-refractivity contribution in [3.63, 3.8) is 0 Å². The zero-order valence-electron chi connectivity index (χ0n) is 29.2. The molecular formula is C51H31N3. The van der Waals surface area contributed by atoms with Crippen molar-refractivity contribution in [1.82, 2.24) is 15.0 Å². The second-order valence-electron chi connectivity index (χ2n) is 14.0. The minimum atomic E-state index is 0.888. The molecule has 54 heavy (non-hydrogen) atoms. The maximum Gasteiger partial charge on any atom is 0.0972 e. The van der Waals surface area contributed by atoms with E-state index in [1.54, 1.807) is 6.20 Å². The Bertz CT molecular complexity index is 3130. The van der Waals surface area contributed by atoms with Gasteiger partial charge in [0.15, 0.2) is 0 Å². The Morgan fingerprint density at radius 1 is 0.315 bits per heavy atom. The normalized spacial score (nSPS) is 11.7. The zero-order chi connectivity index (χ0) is 35.6. The summed E-state index contributed by atoms with van der Waals surface area (Å²) in [6.07, 6.45) is 3.65. The number of aromatic nitrogens is 3. The van der Waals surface area contributed by atoms with E-state index in [2.05, 4.69) is 169 Å². The third-order valence-corrected chi connectivity index (χ3v) is 10.9. The Kier molecular flexibility index (Phi) is 6.86. The third-order valence-electron chi connectivity index (χ3n) is 10.9. The lowest BCUT2D eigenvalue weighted by atomic mass is 9.86. The van der Waals surface area contributed by atoms with Crippen molar-refractivity contribution in [2.24, 2.45) is 0 Å². The van der Waals surface area contributed by atoms with Crippen LogP contribution in [0.25, 0.3) is 110 Å². The van der Waals surface area contributed by atoms with Crippen molar-refractivity contribution in [2.75, 3.05) is 0 Å². The first-order valence-corrected chi connectivity index (χ1v) is 18.3. The molecule has 3 heteroatoms. The summed E-state index contributed by atoms with van der Waals surface area (Å²) in [5.41, 5.74) is 13.0. The fourth-order valence-corrected chi connectivity index (χ4v) is 8.25. The van der Waals surface area contributed by atoms with Gasteiger partial charge in [0, 0.05) is 34.3 Å². The van der Waals surface area contributed by atoms with Crippen LogP contribution in [0.3, 0.4) is 0 Å². The van der Waals surface area contributed by atoms with Gasteiger partial charge in [0.05, 0.1) is 22.4 Å². The summed E-state index contributed by atoms with van der Waals surface area (Å²) in [4.78, 5) is 14.8. The molecule has 0 radical (unpaired) electrons. The molecular weight excluding hydrogens is 655 g/mol. The number of benzene rings is 8. The molecule has 0 amide bonds. The van der Waals surface area contributed by atoms with Crippen molar-refractivity contribution in [3.05, 3.63) is 188 Å². The van der Waals surface area contributed by atoms with Crippen molar-refractivity contribution < 1.29 is 0 Å². The minimum Gasteiger partial charge on any atom is -0.264 e. The summed E-state index contributed by atoms with van der Waals surface area (Å²) in [7, 11) is 0. The molecule has 11 aromatic rings. The predicted octanol–water partition coefficient (Wildman–Crippen LogP) is 13.4. The van der Waals surface area contributed by atoms with Gasteiger partial charge < -0.3 is 0 Å². The van der Waals surface area contributed by atoms with Crippen LogP contribution in [0.4, 0.5) is 0 Å². The maximum absolute atomic E-state index is 5.35. The van der Waals surface area contributed by atoms with Crippen LogP contribution in [0.15, 0.2) is 188 Å². The van der Waals surface area contributed by atoms with Gasteiger partial charge in [-0.3, -0.25) is 4.98 Å². The standard InChI is InChI=1S/C51H31N3/c1-3-8-32(9-4-1)39-28-40(33-10-5-2-6-11-33)30-41(29-39)42-21-15-34-18-24-45-43(22-16-35-17-23-44(42)48(34)49(35)45)47-26-20-37-14-13-36-19-25-46(38-12-7-27-52-31-38)53-50(36)51(37)54-47/h1-31H. The molecule has 11 rings (SSSR count). The molecule has 0 N–H and O–H groups in total. The number of fused-ring (bicyclic) bond motifs is 3. The summed E-state index contributed by atoms with van der Waals surface area (Å²) in [6, 6.07) is 63.3. The molecule has 0 atom stereocenters. The topological polar surface area (TPSA) is 38.7 Å². The average molecular weight is 686 g/mol. The van der Waals surface area contributed by atoms with E-state index in [1.165, 1.54) is 65.7 Å². The van der Waals surface area contributed by atoms with E-state index >= 15 is 0 Å². The van der Waals surface area contributed by atoms with E-state index in [4.69, 9.17) is 9.97 Å². The highest BCUT2D eigenvalue weighted by atomic mass is 14.8. The van der Waals surface area contributed by atoms with Crippen LogP contribution >= 0.6 is 0 Å². The lowest BCUT2D eigenvalue weighted by molar-refractivity contribution is 1.30. The van der Waals surface area contributed by atoms with Crippen LogP contribution in [-0.2, 0) is 0 Å². The molecule has 8 aromatic carbocycles. The van der Waals surface area contributed by atoms with Crippen LogP contribution in [0, 0.1) is 0 Å². The first-order chi connectivity index (χ1) is 26.7. The number of hydrogen-bond donors (Lipinski definition) is 0. The van der Waals surface area contributed by atoms with E-state index in [0.717, 1.165) is 44.3 Å². The van der Waals surface area contributed by atoms with Gasteiger partial charge in [0.1, 0.15) is 0 Å². The maximum atomic E-state index is 5.35. The first kappa shape index (κ1) is 30.4. The van der Waals surface area contributed by atoms with Crippen LogP contribution in [0.1, 0.15) is 0 Å². The molecule has 3 aromatic heterocycles. The van der Waals surface area contributed by atoms with Gasteiger partial charge in [0.25, 0.3) is 0 Å². The Morgan fingerprint density at radius 2 is 0.796 bits per heavy atom.